The zero-order valence-corrected chi connectivity index (χ0v) is 15.3. The largest absolute Gasteiger partial charge is 0.342 e. The first-order valence-electron chi connectivity index (χ1n) is 8.44. The third kappa shape index (κ3) is 3.53. The molecule has 1 aliphatic carbocycles. The Morgan fingerprint density at radius 3 is 2.62 bits per heavy atom. The van der Waals surface area contributed by atoms with Crippen molar-refractivity contribution in [3.8, 4) is 0 Å². The summed E-state index contributed by atoms with van der Waals surface area (Å²) in [5, 5.41) is 0. The van der Waals surface area contributed by atoms with Gasteiger partial charge in [-0.2, -0.15) is 0 Å². The maximum absolute atomic E-state index is 12.5. The van der Waals surface area contributed by atoms with Crippen LogP contribution in [0.4, 0.5) is 0 Å². The summed E-state index contributed by atoms with van der Waals surface area (Å²) in [7, 11) is 0. The highest BCUT2D eigenvalue weighted by Crippen LogP contribution is 2.30. The summed E-state index contributed by atoms with van der Waals surface area (Å²) >= 11 is 3.32. The highest BCUT2D eigenvalue weighted by atomic mass is 79.9. The highest BCUT2D eigenvalue weighted by molar-refractivity contribution is 9.10. The predicted molar refractivity (Wildman–Crippen MR) is 93.7 cm³/mol. The van der Waals surface area contributed by atoms with Crippen molar-refractivity contribution in [2.45, 2.75) is 32.6 Å². The molecule has 0 aromatic heterocycles. The van der Waals surface area contributed by atoms with E-state index in [1.165, 1.54) is 17.7 Å². The molecule has 1 saturated carbocycles. The SMILES string of the molecule is CCCN(CC1CC1)C(=O)CCN1C(=O)c2ccc(Br)cc2C1=O. The van der Waals surface area contributed by atoms with E-state index in [0.29, 0.717) is 17.0 Å². The summed E-state index contributed by atoms with van der Waals surface area (Å²) in [6.45, 7) is 3.75. The Morgan fingerprint density at radius 1 is 1.25 bits per heavy atom. The summed E-state index contributed by atoms with van der Waals surface area (Å²) < 4.78 is 0.763. The van der Waals surface area contributed by atoms with E-state index in [4.69, 9.17) is 0 Å². The second kappa shape index (κ2) is 7.05. The van der Waals surface area contributed by atoms with Crippen LogP contribution in [-0.2, 0) is 4.79 Å². The quantitative estimate of drug-likeness (QED) is 0.669. The topological polar surface area (TPSA) is 57.7 Å². The molecule has 0 atom stereocenters. The van der Waals surface area contributed by atoms with Crippen LogP contribution >= 0.6 is 15.9 Å². The van der Waals surface area contributed by atoms with Gasteiger partial charge in [-0.1, -0.05) is 22.9 Å². The molecule has 0 bridgehead atoms. The molecule has 1 heterocycles. The number of halogens is 1. The van der Waals surface area contributed by atoms with E-state index < -0.39 is 0 Å². The maximum atomic E-state index is 12.5. The average Bonchev–Trinajstić information content (AvgIpc) is 3.34. The fourth-order valence-electron chi connectivity index (χ4n) is 3.03. The third-order valence-corrected chi connectivity index (χ3v) is 5.00. The Balaban J connectivity index is 1.63. The van der Waals surface area contributed by atoms with Gasteiger partial charge in [0.25, 0.3) is 11.8 Å². The van der Waals surface area contributed by atoms with Gasteiger partial charge in [-0.15, -0.1) is 0 Å². The van der Waals surface area contributed by atoms with Crippen molar-refractivity contribution in [2.75, 3.05) is 19.6 Å². The van der Waals surface area contributed by atoms with Crippen LogP contribution in [0.25, 0.3) is 0 Å². The van der Waals surface area contributed by atoms with E-state index in [-0.39, 0.29) is 30.7 Å². The maximum Gasteiger partial charge on any atom is 0.261 e. The zero-order chi connectivity index (χ0) is 17.3. The van der Waals surface area contributed by atoms with Crippen LogP contribution in [0.5, 0.6) is 0 Å². The molecule has 1 fully saturated rings. The number of nitrogens with zero attached hydrogens (tertiary/aromatic N) is 2. The van der Waals surface area contributed by atoms with Crippen LogP contribution in [0.15, 0.2) is 22.7 Å². The Hall–Kier alpha value is -1.69. The van der Waals surface area contributed by atoms with Gasteiger partial charge < -0.3 is 4.90 Å². The first kappa shape index (κ1) is 17.1. The van der Waals surface area contributed by atoms with Crippen molar-refractivity contribution in [3.63, 3.8) is 0 Å². The Kier molecular flexibility index (Phi) is 5.04. The molecule has 3 rings (SSSR count). The van der Waals surface area contributed by atoms with Crippen LogP contribution in [0.2, 0.25) is 0 Å². The summed E-state index contributed by atoms with van der Waals surface area (Å²) in [4.78, 5) is 40.3. The van der Waals surface area contributed by atoms with Crippen LogP contribution in [0.1, 0.15) is 53.3 Å². The van der Waals surface area contributed by atoms with Crippen molar-refractivity contribution in [2.24, 2.45) is 5.92 Å². The molecule has 128 valence electrons. The van der Waals surface area contributed by atoms with E-state index in [1.54, 1.807) is 18.2 Å². The highest BCUT2D eigenvalue weighted by Gasteiger charge is 2.36. The summed E-state index contributed by atoms with van der Waals surface area (Å²) in [6.07, 6.45) is 3.50. The number of fused-ring (bicyclic) bond motifs is 1. The van der Waals surface area contributed by atoms with Crippen molar-refractivity contribution in [1.82, 2.24) is 9.80 Å². The third-order valence-electron chi connectivity index (χ3n) is 4.50. The van der Waals surface area contributed by atoms with Crippen molar-refractivity contribution in [1.29, 1.82) is 0 Å². The van der Waals surface area contributed by atoms with Crippen LogP contribution in [0.3, 0.4) is 0 Å². The summed E-state index contributed by atoms with van der Waals surface area (Å²) in [5.74, 6) is 0.0477. The minimum Gasteiger partial charge on any atom is -0.342 e. The molecule has 2 aliphatic rings. The van der Waals surface area contributed by atoms with E-state index in [0.717, 1.165) is 24.0 Å². The molecule has 0 unspecified atom stereocenters. The fourth-order valence-corrected chi connectivity index (χ4v) is 3.39. The number of benzene rings is 1. The average molecular weight is 393 g/mol. The molecule has 0 radical (unpaired) electrons. The second-order valence-corrected chi connectivity index (χ2v) is 7.40. The number of hydrogen-bond acceptors (Lipinski definition) is 3. The van der Waals surface area contributed by atoms with E-state index in [2.05, 4.69) is 22.9 Å². The van der Waals surface area contributed by atoms with Crippen molar-refractivity contribution in [3.05, 3.63) is 33.8 Å². The predicted octanol–water partition coefficient (Wildman–Crippen LogP) is 3.08. The number of carbonyl (C=O) groups excluding carboxylic acids is 3. The van der Waals surface area contributed by atoms with E-state index >= 15 is 0 Å². The molecule has 0 N–H and O–H groups in total. The molecule has 0 saturated heterocycles. The normalized spacial score (nSPS) is 16.5. The summed E-state index contributed by atoms with van der Waals surface area (Å²) in [6, 6.07) is 5.06. The smallest absolute Gasteiger partial charge is 0.261 e. The Labute approximate surface area is 150 Å². The minimum absolute atomic E-state index is 0.0292. The molecular formula is C18H21BrN2O3. The number of hydrogen-bond donors (Lipinski definition) is 0. The number of imide groups is 1. The lowest BCUT2D eigenvalue weighted by atomic mass is 10.1. The van der Waals surface area contributed by atoms with Gasteiger partial charge in [0.05, 0.1) is 11.1 Å². The van der Waals surface area contributed by atoms with Gasteiger partial charge in [-0.05, 0) is 43.4 Å². The van der Waals surface area contributed by atoms with Gasteiger partial charge in [-0.25, -0.2) is 0 Å². The molecular weight excluding hydrogens is 372 g/mol. The van der Waals surface area contributed by atoms with Gasteiger partial charge >= 0.3 is 0 Å². The van der Waals surface area contributed by atoms with E-state index in [1.807, 2.05) is 4.90 Å². The Bertz CT molecular complexity index is 685. The van der Waals surface area contributed by atoms with Gasteiger partial charge in [0.2, 0.25) is 5.91 Å². The van der Waals surface area contributed by atoms with Crippen LogP contribution in [-0.4, -0.2) is 47.2 Å². The van der Waals surface area contributed by atoms with Gasteiger partial charge in [0.1, 0.15) is 0 Å². The lowest BCUT2D eigenvalue weighted by Crippen LogP contribution is -2.38. The molecule has 6 heteroatoms. The van der Waals surface area contributed by atoms with Crippen LogP contribution in [0, 0.1) is 5.92 Å². The van der Waals surface area contributed by atoms with Gasteiger partial charge in [-0.3, -0.25) is 19.3 Å². The Morgan fingerprint density at radius 2 is 1.96 bits per heavy atom. The second-order valence-electron chi connectivity index (χ2n) is 6.48. The monoisotopic (exact) mass is 392 g/mol. The minimum atomic E-state index is -0.312. The molecule has 1 aliphatic heterocycles. The lowest BCUT2D eigenvalue weighted by Gasteiger charge is -2.23. The molecule has 3 amide bonds. The molecule has 24 heavy (non-hydrogen) atoms. The first-order valence-corrected chi connectivity index (χ1v) is 9.24. The molecule has 5 nitrogen and oxygen atoms in total. The zero-order valence-electron chi connectivity index (χ0n) is 13.8. The van der Waals surface area contributed by atoms with Crippen LogP contribution < -0.4 is 0 Å². The summed E-state index contributed by atoms with van der Waals surface area (Å²) in [5.41, 5.74) is 0.823. The molecule has 1 aromatic carbocycles. The number of amides is 3. The van der Waals surface area contributed by atoms with E-state index in [9.17, 15) is 14.4 Å². The van der Waals surface area contributed by atoms with Gasteiger partial charge in [0, 0.05) is 30.5 Å². The number of carbonyl (C=O) groups is 3. The standard InChI is InChI=1S/C18H21BrN2O3/c1-2-8-20(11-12-3-4-12)16(22)7-9-21-17(23)14-6-5-13(19)10-15(14)18(21)24/h5-6,10,12H,2-4,7-9,11H2,1H3. The van der Waals surface area contributed by atoms with Crippen molar-refractivity contribution < 1.29 is 14.4 Å². The first-order chi connectivity index (χ1) is 11.5. The van der Waals surface area contributed by atoms with Gasteiger partial charge in [0.15, 0.2) is 0 Å². The fraction of sp³-hybridized carbons (Fsp3) is 0.500. The lowest BCUT2D eigenvalue weighted by molar-refractivity contribution is -0.131. The molecule has 1 aromatic rings. The number of rotatable bonds is 7. The van der Waals surface area contributed by atoms with Crippen molar-refractivity contribution >= 4 is 33.7 Å². The molecule has 0 spiro atoms.